The summed E-state index contributed by atoms with van der Waals surface area (Å²) < 4.78 is 10.4. The van der Waals surface area contributed by atoms with Crippen molar-refractivity contribution in [1.82, 2.24) is 5.43 Å². The highest BCUT2D eigenvalue weighted by Gasteiger charge is 2.11. The van der Waals surface area contributed by atoms with Crippen molar-refractivity contribution >= 4 is 0 Å². The Balaban J connectivity index is 2.44. The Labute approximate surface area is 78.0 Å². The normalized spacial score (nSPS) is 13.5. The molecule has 4 nitrogen and oxygen atoms in total. The standard InChI is InChI=1S/C9H16N2O2/c1-7(2)13-6-9(11-10)8-3-4-12-5-8/h3-5,7,9,11H,6,10H2,1-2H3. The van der Waals surface area contributed by atoms with Crippen LogP contribution in [0.5, 0.6) is 0 Å². The molecule has 13 heavy (non-hydrogen) atoms. The highest BCUT2D eigenvalue weighted by molar-refractivity contribution is 5.11. The third-order valence-corrected chi connectivity index (χ3v) is 1.74. The van der Waals surface area contributed by atoms with Gasteiger partial charge in [0.05, 0.1) is 31.3 Å². The monoisotopic (exact) mass is 184 g/mol. The molecule has 1 heterocycles. The van der Waals surface area contributed by atoms with Gasteiger partial charge in [0.15, 0.2) is 0 Å². The van der Waals surface area contributed by atoms with Crippen molar-refractivity contribution in [2.45, 2.75) is 26.0 Å². The summed E-state index contributed by atoms with van der Waals surface area (Å²) in [6, 6.07) is 1.87. The molecule has 0 saturated carbocycles. The third-order valence-electron chi connectivity index (χ3n) is 1.74. The first-order chi connectivity index (χ1) is 6.24. The van der Waals surface area contributed by atoms with Gasteiger partial charge in [0.2, 0.25) is 0 Å². The Morgan fingerprint density at radius 3 is 2.85 bits per heavy atom. The zero-order valence-corrected chi connectivity index (χ0v) is 7.99. The van der Waals surface area contributed by atoms with Gasteiger partial charge in [-0.1, -0.05) is 0 Å². The average molecular weight is 184 g/mol. The lowest BCUT2D eigenvalue weighted by molar-refractivity contribution is 0.0610. The molecule has 1 unspecified atom stereocenters. The van der Waals surface area contributed by atoms with Crippen molar-refractivity contribution in [2.75, 3.05) is 6.61 Å². The first-order valence-corrected chi connectivity index (χ1v) is 4.34. The van der Waals surface area contributed by atoms with E-state index in [0.29, 0.717) is 6.61 Å². The lowest BCUT2D eigenvalue weighted by Gasteiger charge is -2.15. The minimum absolute atomic E-state index is 0.00106. The van der Waals surface area contributed by atoms with Gasteiger partial charge in [0, 0.05) is 5.56 Å². The lowest BCUT2D eigenvalue weighted by Crippen LogP contribution is -2.31. The van der Waals surface area contributed by atoms with Crippen molar-refractivity contribution in [3.63, 3.8) is 0 Å². The highest BCUT2D eigenvalue weighted by atomic mass is 16.5. The van der Waals surface area contributed by atoms with E-state index in [1.165, 1.54) is 0 Å². The molecule has 0 amide bonds. The minimum atomic E-state index is 0.00106. The number of hydrogen-bond donors (Lipinski definition) is 2. The molecule has 4 heteroatoms. The van der Waals surface area contributed by atoms with Crippen LogP contribution >= 0.6 is 0 Å². The molecule has 1 rings (SSSR count). The molecule has 0 aliphatic rings. The summed E-state index contributed by atoms with van der Waals surface area (Å²) in [5, 5.41) is 0. The molecule has 0 aliphatic heterocycles. The smallest absolute Gasteiger partial charge is 0.0951 e. The average Bonchev–Trinajstić information content (AvgIpc) is 2.58. The van der Waals surface area contributed by atoms with E-state index >= 15 is 0 Å². The molecule has 0 saturated heterocycles. The maximum atomic E-state index is 5.43. The number of rotatable bonds is 5. The van der Waals surface area contributed by atoms with Gasteiger partial charge in [-0.15, -0.1) is 0 Å². The first-order valence-electron chi connectivity index (χ1n) is 4.34. The largest absolute Gasteiger partial charge is 0.472 e. The van der Waals surface area contributed by atoms with E-state index in [-0.39, 0.29) is 12.1 Å². The van der Waals surface area contributed by atoms with E-state index in [1.54, 1.807) is 12.5 Å². The summed E-state index contributed by atoms with van der Waals surface area (Å²) in [6.07, 6.45) is 3.49. The summed E-state index contributed by atoms with van der Waals surface area (Å²) in [4.78, 5) is 0. The van der Waals surface area contributed by atoms with Crippen molar-refractivity contribution in [1.29, 1.82) is 0 Å². The molecule has 0 aromatic carbocycles. The summed E-state index contributed by atoms with van der Waals surface area (Å²) >= 11 is 0. The van der Waals surface area contributed by atoms with Crippen LogP contribution < -0.4 is 11.3 Å². The zero-order chi connectivity index (χ0) is 9.68. The fraction of sp³-hybridized carbons (Fsp3) is 0.556. The molecular weight excluding hydrogens is 168 g/mol. The fourth-order valence-corrected chi connectivity index (χ4v) is 1.00. The van der Waals surface area contributed by atoms with E-state index < -0.39 is 0 Å². The van der Waals surface area contributed by atoms with Crippen LogP contribution in [-0.4, -0.2) is 12.7 Å². The Kier molecular flexibility index (Phi) is 3.95. The zero-order valence-electron chi connectivity index (χ0n) is 7.99. The SMILES string of the molecule is CC(C)OCC(NN)c1ccoc1. The first kappa shape index (κ1) is 10.2. The van der Waals surface area contributed by atoms with Gasteiger partial charge in [-0.25, -0.2) is 0 Å². The maximum Gasteiger partial charge on any atom is 0.0951 e. The Hall–Kier alpha value is -0.840. The fourth-order valence-electron chi connectivity index (χ4n) is 1.00. The van der Waals surface area contributed by atoms with Crippen molar-refractivity contribution in [3.05, 3.63) is 24.2 Å². The third kappa shape index (κ3) is 3.18. The second-order valence-corrected chi connectivity index (χ2v) is 3.16. The highest BCUT2D eigenvalue weighted by Crippen LogP contribution is 2.13. The molecule has 0 bridgehead atoms. The van der Waals surface area contributed by atoms with Crippen LogP contribution in [0.3, 0.4) is 0 Å². The number of ether oxygens (including phenoxy) is 1. The van der Waals surface area contributed by atoms with Gasteiger partial charge in [-0.3, -0.25) is 11.3 Å². The van der Waals surface area contributed by atoms with Gasteiger partial charge in [0.25, 0.3) is 0 Å². The number of furan rings is 1. The summed E-state index contributed by atoms with van der Waals surface area (Å²) in [7, 11) is 0. The quantitative estimate of drug-likeness (QED) is 0.533. The number of nitrogens with one attached hydrogen (secondary N) is 1. The van der Waals surface area contributed by atoms with Crippen molar-refractivity contribution in [3.8, 4) is 0 Å². The summed E-state index contributed by atoms with van der Waals surface area (Å²) in [5.41, 5.74) is 3.68. The van der Waals surface area contributed by atoms with E-state index in [0.717, 1.165) is 5.56 Å². The topological polar surface area (TPSA) is 60.4 Å². The molecule has 74 valence electrons. The summed E-state index contributed by atoms with van der Waals surface area (Å²) in [5.74, 6) is 5.38. The number of hydrazine groups is 1. The molecule has 3 N–H and O–H groups in total. The molecule has 0 fully saturated rings. The molecular formula is C9H16N2O2. The van der Waals surface area contributed by atoms with E-state index in [9.17, 15) is 0 Å². The predicted molar refractivity (Wildman–Crippen MR) is 49.9 cm³/mol. The van der Waals surface area contributed by atoms with E-state index in [1.807, 2.05) is 19.9 Å². The van der Waals surface area contributed by atoms with Crippen molar-refractivity contribution < 1.29 is 9.15 Å². The molecule has 0 spiro atoms. The molecule has 0 radical (unpaired) electrons. The van der Waals surface area contributed by atoms with Crippen LogP contribution in [0.15, 0.2) is 23.0 Å². The number of nitrogens with two attached hydrogens (primary N) is 1. The minimum Gasteiger partial charge on any atom is -0.472 e. The predicted octanol–water partition coefficient (Wildman–Crippen LogP) is 1.21. The van der Waals surface area contributed by atoms with Gasteiger partial charge in [0.1, 0.15) is 0 Å². The van der Waals surface area contributed by atoms with Crippen LogP contribution in [-0.2, 0) is 4.74 Å². The Bertz CT molecular complexity index is 222. The van der Waals surface area contributed by atoms with E-state index in [4.69, 9.17) is 15.0 Å². The van der Waals surface area contributed by atoms with Gasteiger partial charge < -0.3 is 9.15 Å². The lowest BCUT2D eigenvalue weighted by atomic mass is 10.2. The molecule has 1 aromatic rings. The Morgan fingerprint density at radius 1 is 1.62 bits per heavy atom. The molecule has 0 aliphatic carbocycles. The van der Waals surface area contributed by atoms with Gasteiger partial charge in [-0.05, 0) is 19.9 Å². The molecule has 1 atom stereocenters. The van der Waals surface area contributed by atoms with E-state index in [2.05, 4.69) is 5.43 Å². The van der Waals surface area contributed by atoms with Crippen LogP contribution in [0, 0.1) is 0 Å². The number of hydrogen-bond acceptors (Lipinski definition) is 4. The van der Waals surface area contributed by atoms with Crippen LogP contribution in [0.25, 0.3) is 0 Å². The van der Waals surface area contributed by atoms with Crippen LogP contribution in [0.1, 0.15) is 25.5 Å². The van der Waals surface area contributed by atoms with Crippen LogP contribution in [0.4, 0.5) is 0 Å². The maximum absolute atomic E-state index is 5.43. The Morgan fingerprint density at radius 2 is 2.38 bits per heavy atom. The summed E-state index contributed by atoms with van der Waals surface area (Å²) in [6.45, 7) is 4.53. The molecule has 1 aromatic heterocycles. The van der Waals surface area contributed by atoms with Crippen LogP contribution in [0.2, 0.25) is 0 Å². The second-order valence-electron chi connectivity index (χ2n) is 3.16. The van der Waals surface area contributed by atoms with Gasteiger partial charge >= 0.3 is 0 Å². The van der Waals surface area contributed by atoms with Gasteiger partial charge in [-0.2, -0.15) is 0 Å². The van der Waals surface area contributed by atoms with Crippen molar-refractivity contribution in [2.24, 2.45) is 5.84 Å². The second kappa shape index (κ2) is 5.01.